The molecule has 0 aromatic heterocycles. The van der Waals surface area contributed by atoms with Crippen LogP contribution in [0.15, 0.2) is 36.5 Å². The van der Waals surface area contributed by atoms with Crippen LogP contribution in [-0.4, -0.2) is 47.4 Å². The van der Waals surface area contributed by atoms with Gasteiger partial charge in [-0.1, -0.05) is 211 Å². The van der Waals surface area contributed by atoms with Gasteiger partial charge in [-0.2, -0.15) is 0 Å². The minimum absolute atomic E-state index is 0.0157. The molecule has 0 aliphatic carbocycles. The van der Waals surface area contributed by atoms with Gasteiger partial charge in [0.25, 0.3) is 0 Å². The highest BCUT2D eigenvalue weighted by Gasteiger charge is 2.18. The molecule has 2 atom stereocenters. The number of amides is 1. The number of unbranched alkanes of at least 4 members (excludes halogenated alkanes) is 31. The fourth-order valence-corrected chi connectivity index (χ4v) is 7.49. The Balaban J connectivity index is 3.52. The molecule has 58 heavy (non-hydrogen) atoms. The van der Waals surface area contributed by atoms with Crippen LogP contribution < -0.4 is 5.32 Å². The number of aliphatic hydroxyl groups is 2. The zero-order chi connectivity index (χ0) is 42.3. The van der Waals surface area contributed by atoms with Gasteiger partial charge in [0.15, 0.2) is 0 Å². The second-order valence-electron chi connectivity index (χ2n) is 17.1. The quantitative estimate of drug-likeness (QED) is 0.0323. The lowest BCUT2D eigenvalue weighted by Gasteiger charge is -2.20. The largest absolute Gasteiger partial charge is 0.466 e. The normalized spacial score (nSPS) is 13.0. The molecule has 0 aliphatic rings. The lowest BCUT2D eigenvalue weighted by molar-refractivity contribution is -0.143. The van der Waals surface area contributed by atoms with Crippen LogP contribution in [0.1, 0.15) is 258 Å². The lowest BCUT2D eigenvalue weighted by atomic mass is 10.0. The van der Waals surface area contributed by atoms with Crippen LogP contribution in [0.3, 0.4) is 0 Å². The zero-order valence-corrected chi connectivity index (χ0v) is 38.5. The molecule has 0 aliphatic heterocycles. The minimum atomic E-state index is -0.853. The van der Waals surface area contributed by atoms with Gasteiger partial charge in [0.1, 0.15) is 0 Å². The summed E-state index contributed by atoms with van der Waals surface area (Å²) in [5.74, 6) is -0.102. The zero-order valence-electron chi connectivity index (χ0n) is 38.5. The van der Waals surface area contributed by atoms with Gasteiger partial charge >= 0.3 is 5.97 Å². The Labute approximate surface area is 360 Å². The second-order valence-corrected chi connectivity index (χ2v) is 17.1. The van der Waals surface area contributed by atoms with Gasteiger partial charge in [-0.3, -0.25) is 9.59 Å². The van der Waals surface area contributed by atoms with Crippen molar-refractivity contribution in [2.24, 2.45) is 0 Å². The predicted molar refractivity (Wildman–Crippen MR) is 250 cm³/mol. The maximum absolute atomic E-state index is 12.4. The number of hydrogen-bond acceptors (Lipinski definition) is 5. The predicted octanol–water partition coefficient (Wildman–Crippen LogP) is 14.9. The van der Waals surface area contributed by atoms with Crippen LogP contribution in [-0.2, 0) is 14.3 Å². The fourth-order valence-electron chi connectivity index (χ4n) is 7.49. The average Bonchev–Trinajstić information content (AvgIpc) is 3.22. The molecule has 0 fully saturated rings. The van der Waals surface area contributed by atoms with Gasteiger partial charge in [-0.05, 0) is 70.6 Å². The molecule has 0 saturated heterocycles. The number of ether oxygens (including phenoxy) is 1. The summed E-state index contributed by atoms with van der Waals surface area (Å²) in [6.07, 6.45) is 57.2. The van der Waals surface area contributed by atoms with E-state index in [1.54, 1.807) is 6.08 Å². The number of allylic oxidation sites excluding steroid dienone is 5. The molecule has 6 nitrogen and oxygen atoms in total. The third-order valence-corrected chi connectivity index (χ3v) is 11.4. The number of carbonyl (C=O) groups excluding carboxylic acids is 2. The molecule has 2 unspecified atom stereocenters. The van der Waals surface area contributed by atoms with Gasteiger partial charge in [0.2, 0.25) is 5.91 Å². The van der Waals surface area contributed by atoms with Crippen molar-refractivity contribution in [3.8, 4) is 0 Å². The van der Waals surface area contributed by atoms with E-state index >= 15 is 0 Å². The highest BCUT2D eigenvalue weighted by Crippen LogP contribution is 2.15. The highest BCUT2D eigenvalue weighted by molar-refractivity contribution is 5.76. The Bertz CT molecular complexity index is 946. The maximum atomic E-state index is 12.4. The first kappa shape index (κ1) is 56.1. The summed E-state index contributed by atoms with van der Waals surface area (Å²) in [7, 11) is 0. The third-order valence-electron chi connectivity index (χ3n) is 11.4. The second kappa shape index (κ2) is 47.8. The van der Waals surface area contributed by atoms with E-state index in [0.717, 1.165) is 83.5 Å². The van der Waals surface area contributed by atoms with Crippen LogP contribution in [0, 0.1) is 0 Å². The summed E-state index contributed by atoms with van der Waals surface area (Å²) in [6, 6.07) is -0.638. The molecular weight excluding hydrogens is 719 g/mol. The third kappa shape index (κ3) is 43.7. The number of rotatable bonds is 46. The van der Waals surface area contributed by atoms with Crippen LogP contribution in [0.2, 0.25) is 0 Å². The van der Waals surface area contributed by atoms with Crippen LogP contribution in [0.4, 0.5) is 0 Å². The number of carbonyl (C=O) groups is 2. The van der Waals surface area contributed by atoms with Crippen molar-refractivity contribution in [3.63, 3.8) is 0 Å². The van der Waals surface area contributed by atoms with E-state index in [2.05, 4.69) is 43.5 Å². The molecular formula is C52H97NO5. The summed E-state index contributed by atoms with van der Waals surface area (Å²) in [6.45, 7) is 4.83. The van der Waals surface area contributed by atoms with E-state index in [0.29, 0.717) is 19.4 Å². The number of aliphatic hydroxyl groups excluding tert-OH is 2. The van der Waals surface area contributed by atoms with E-state index in [1.165, 1.54) is 148 Å². The summed E-state index contributed by atoms with van der Waals surface area (Å²) in [5.41, 5.74) is 0. The Morgan fingerprint density at radius 1 is 0.483 bits per heavy atom. The Morgan fingerprint density at radius 3 is 1.31 bits per heavy atom. The van der Waals surface area contributed by atoms with Gasteiger partial charge in [0, 0.05) is 12.8 Å². The molecule has 0 aromatic rings. The molecule has 0 aromatic carbocycles. The molecule has 0 bridgehead atoms. The molecule has 0 spiro atoms. The van der Waals surface area contributed by atoms with Crippen molar-refractivity contribution in [1.29, 1.82) is 0 Å². The lowest BCUT2D eigenvalue weighted by Crippen LogP contribution is -2.45. The SMILES string of the molecule is CCCCCCCCCCC/C=C/C(O)C(CO)NC(=O)CCCCCCCCC/C=C\C/C=C\CCCCCOC(=O)CCCCCCCCCCCCCCC. The highest BCUT2D eigenvalue weighted by atomic mass is 16.5. The standard InChI is InChI=1S/C52H97NO5/c1-3-5-7-9-11-13-15-21-26-30-34-38-42-46-52(57)58-47-43-39-35-31-27-23-20-18-16-17-19-22-25-29-33-37-41-45-51(56)53-49(48-54)50(55)44-40-36-32-28-24-14-12-10-8-6-4-2/h16,18,23,27,40,44,49-50,54-55H,3-15,17,19-22,24-26,28-39,41-43,45-48H2,1-2H3,(H,53,56)/b18-16-,27-23-,44-40+. The molecule has 6 heteroatoms. The van der Waals surface area contributed by atoms with E-state index in [4.69, 9.17) is 4.74 Å². The summed E-state index contributed by atoms with van der Waals surface area (Å²) in [4.78, 5) is 24.4. The average molecular weight is 816 g/mol. The van der Waals surface area contributed by atoms with Gasteiger partial charge < -0.3 is 20.3 Å². The van der Waals surface area contributed by atoms with Crippen molar-refractivity contribution in [3.05, 3.63) is 36.5 Å². The fraction of sp³-hybridized carbons (Fsp3) is 0.846. The summed E-state index contributed by atoms with van der Waals surface area (Å²) < 4.78 is 5.44. The van der Waals surface area contributed by atoms with E-state index in [9.17, 15) is 19.8 Å². The first-order chi connectivity index (χ1) is 28.5. The Kier molecular flexibility index (Phi) is 46.2. The smallest absolute Gasteiger partial charge is 0.305 e. The number of nitrogens with one attached hydrogen (secondary N) is 1. The van der Waals surface area contributed by atoms with E-state index in [1.807, 2.05) is 6.08 Å². The molecule has 0 heterocycles. The molecule has 340 valence electrons. The number of hydrogen-bond donors (Lipinski definition) is 3. The van der Waals surface area contributed by atoms with Crippen molar-refractivity contribution in [2.45, 2.75) is 270 Å². The molecule has 0 saturated carbocycles. The maximum Gasteiger partial charge on any atom is 0.305 e. The number of esters is 1. The van der Waals surface area contributed by atoms with Crippen molar-refractivity contribution < 1.29 is 24.5 Å². The van der Waals surface area contributed by atoms with E-state index in [-0.39, 0.29) is 18.5 Å². The van der Waals surface area contributed by atoms with Crippen molar-refractivity contribution >= 4 is 11.9 Å². The molecule has 1 amide bonds. The first-order valence-corrected chi connectivity index (χ1v) is 25.3. The van der Waals surface area contributed by atoms with Crippen LogP contribution in [0.25, 0.3) is 0 Å². The topological polar surface area (TPSA) is 95.9 Å². The van der Waals surface area contributed by atoms with Crippen LogP contribution in [0.5, 0.6) is 0 Å². The van der Waals surface area contributed by atoms with Gasteiger partial charge in [-0.15, -0.1) is 0 Å². The molecule has 0 rings (SSSR count). The van der Waals surface area contributed by atoms with E-state index < -0.39 is 12.1 Å². The van der Waals surface area contributed by atoms with Gasteiger partial charge in [-0.25, -0.2) is 0 Å². The molecule has 0 radical (unpaired) electrons. The van der Waals surface area contributed by atoms with Crippen molar-refractivity contribution in [1.82, 2.24) is 5.32 Å². The minimum Gasteiger partial charge on any atom is -0.466 e. The van der Waals surface area contributed by atoms with Gasteiger partial charge in [0.05, 0.1) is 25.4 Å². The Hall–Kier alpha value is -1.92. The Morgan fingerprint density at radius 2 is 0.862 bits per heavy atom. The summed E-state index contributed by atoms with van der Waals surface area (Å²) in [5, 5.41) is 22.9. The summed E-state index contributed by atoms with van der Waals surface area (Å²) >= 11 is 0. The monoisotopic (exact) mass is 816 g/mol. The van der Waals surface area contributed by atoms with Crippen molar-refractivity contribution in [2.75, 3.05) is 13.2 Å². The van der Waals surface area contributed by atoms with Crippen LogP contribution >= 0.6 is 0 Å². The first-order valence-electron chi connectivity index (χ1n) is 25.3. The molecule has 3 N–H and O–H groups in total.